The molecule has 0 aliphatic rings. The molecule has 2 N–H and O–H groups in total. The number of aromatic hydroxyl groups is 1. The maximum absolute atomic E-state index is 13.0. The Kier molecular flexibility index (Phi) is 5.28. The van der Waals surface area contributed by atoms with E-state index in [1.165, 1.54) is 42.9 Å². The quantitative estimate of drug-likeness (QED) is 0.526. The van der Waals surface area contributed by atoms with Crippen LogP contribution in [0.15, 0.2) is 59.7 Å². The average Bonchev–Trinajstić information content (AvgIpc) is 3.12. The smallest absolute Gasteiger partial charge is 0.281 e. The molecule has 0 atom stereocenters. The van der Waals surface area contributed by atoms with Crippen LogP contribution < -0.4 is 10.2 Å². The Hall–Kier alpha value is -3.19. The summed E-state index contributed by atoms with van der Waals surface area (Å²) in [6.07, 6.45) is 1.42. The number of amides is 1. The molecule has 0 fully saturated rings. The van der Waals surface area contributed by atoms with Gasteiger partial charge in [-0.2, -0.15) is 5.10 Å². The number of hydrazone groups is 1. The highest BCUT2D eigenvalue weighted by atomic mass is 32.1. The highest BCUT2D eigenvalue weighted by molar-refractivity contribution is 7.17. The summed E-state index contributed by atoms with van der Waals surface area (Å²) in [4.78, 5) is 13.5. The fourth-order valence-electron chi connectivity index (χ4n) is 2.24. The molecule has 0 aliphatic heterocycles. The molecule has 3 rings (SSSR count). The molecular weight excluding hydrogens is 355 g/mol. The molecule has 1 amide bonds. The van der Waals surface area contributed by atoms with Crippen molar-refractivity contribution in [3.05, 3.63) is 70.9 Å². The Morgan fingerprint density at radius 3 is 2.65 bits per heavy atom. The third-order valence-electron chi connectivity index (χ3n) is 3.54. The number of hydrogen-bond donors (Lipinski definition) is 2. The summed E-state index contributed by atoms with van der Waals surface area (Å²) in [6.45, 7) is 0. The van der Waals surface area contributed by atoms with E-state index >= 15 is 0 Å². The molecule has 3 aromatic rings. The number of hydrogen-bond acceptors (Lipinski definition) is 5. The normalized spacial score (nSPS) is 10.8. The van der Waals surface area contributed by atoms with Gasteiger partial charge in [0.15, 0.2) is 11.5 Å². The third kappa shape index (κ3) is 4.07. The lowest BCUT2D eigenvalue weighted by molar-refractivity contribution is 0.0959. The van der Waals surface area contributed by atoms with Crippen molar-refractivity contribution in [1.82, 2.24) is 5.43 Å². The van der Waals surface area contributed by atoms with E-state index in [0.717, 1.165) is 10.4 Å². The molecule has 2 aromatic carbocycles. The Labute approximate surface area is 153 Å². The minimum atomic E-state index is -0.350. The molecule has 0 bridgehead atoms. The zero-order valence-electron chi connectivity index (χ0n) is 13.8. The van der Waals surface area contributed by atoms with E-state index in [1.54, 1.807) is 36.4 Å². The minimum absolute atomic E-state index is 0.00928. The summed E-state index contributed by atoms with van der Waals surface area (Å²) in [5, 5.41) is 13.6. The molecule has 7 heteroatoms. The van der Waals surface area contributed by atoms with Gasteiger partial charge in [0.25, 0.3) is 5.91 Å². The number of rotatable bonds is 5. The molecule has 5 nitrogen and oxygen atoms in total. The van der Waals surface area contributed by atoms with Crippen molar-refractivity contribution >= 4 is 23.5 Å². The monoisotopic (exact) mass is 370 g/mol. The number of phenolic OH excluding ortho intramolecular Hbond substituents is 1. The summed E-state index contributed by atoms with van der Waals surface area (Å²) < 4.78 is 17.9. The minimum Gasteiger partial charge on any atom is -0.504 e. The second-order valence-electron chi connectivity index (χ2n) is 5.30. The van der Waals surface area contributed by atoms with Crippen LogP contribution in [-0.4, -0.2) is 24.3 Å². The van der Waals surface area contributed by atoms with Crippen molar-refractivity contribution in [3.8, 4) is 21.9 Å². The van der Waals surface area contributed by atoms with E-state index < -0.39 is 0 Å². The van der Waals surface area contributed by atoms with E-state index in [4.69, 9.17) is 4.74 Å². The highest BCUT2D eigenvalue weighted by Gasteiger charge is 2.10. The van der Waals surface area contributed by atoms with Gasteiger partial charge in [0.2, 0.25) is 0 Å². The molecule has 1 aromatic heterocycles. The molecule has 0 saturated heterocycles. The molecule has 0 spiro atoms. The maximum Gasteiger partial charge on any atom is 0.281 e. The molecular formula is C19H15FN2O3S. The number of nitrogens with one attached hydrogen (secondary N) is 1. The Balaban J connectivity index is 1.65. The molecule has 0 radical (unpaired) electrons. The lowest BCUT2D eigenvalue weighted by Gasteiger charge is -2.03. The number of phenols is 1. The van der Waals surface area contributed by atoms with Crippen molar-refractivity contribution in [3.63, 3.8) is 0 Å². The van der Waals surface area contributed by atoms with Gasteiger partial charge >= 0.3 is 0 Å². The second kappa shape index (κ2) is 7.79. The number of methoxy groups -OCH3 is 1. The summed E-state index contributed by atoms with van der Waals surface area (Å²) in [5.74, 6) is -0.303. The SMILES string of the molecule is COc1ccc(/C=N\NC(=O)c2ccc(-c3ccc(F)cc3)s2)cc1O. The van der Waals surface area contributed by atoms with Crippen LogP contribution in [0, 0.1) is 5.82 Å². The largest absolute Gasteiger partial charge is 0.504 e. The molecule has 0 unspecified atom stereocenters. The predicted molar refractivity (Wildman–Crippen MR) is 99.4 cm³/mol. The van der Waals surface area contributed by atoms with E-state index in [9.17, 15) is 14.3 Å². The van der Waals surface area contributed by atoms with Crippen LogP contribution in [0.25, 0.3) is 10.4 Å². The molecule has 132 valence electrons. The van der Waals surface area contributed by atoms with E-state index in [2.05, 4.69) is 10.5 Å². The fraction of sp³-hybridized carbons (Fsp3) is 0.0526. The van der Waals surface area contributed by atoms with Gasteiger partial charge < -0.3 is 9.84 Å². The van der Waals surface area contributed by atoms with Gasteiger partial charge in [-0.25, -0.2) is 9.82 Å². The first-order valence-electron chi connectivity index (χ1n) is 7.63. The predicted octanol–water partition coefficient (Wildman–Crippen LogP) is 4.03. The Bertz CT molecular complexity index is 952. The summed E-state index contributed by atoms with van der Waals surface area (Å²) in [7, 11) is 1.46. The lowest BCUT2D eigenvalue weighted by atomic mass is 10.2. The van der Waals surface area contributed by atoms with Crippen molar-refractivity contribution in [1.29, 1.82) is 0 Å². The molecule has 0 aliphatic carbocycles. The summed E-state index contributed by atoms with van der Waals surface area (Å²) >= 11 is 1.29. The van der Waals surface area contributed by atoms with Gasteiger partial charge in [0.1, 0.15) is 5.82 Å². The molecule has 26 heavy (non-hydrogen) atoms. The van der Waals surface area contributed by atoms with Crippen LogP contribution in [0.2, 0.25) is 0 Å². The first kappa shape index (κ1) is 17.6. The van der Waals surface area contributed by atoms with Crippen LogP contribution in [0.3, 0.4) is 0 Å². The number of halogens is 1. The van der Waals surface area contributed by atoms with Gasteiger partial charge in [0.05, 0.1) is 18.2 Å². The van der Waals surface area contributed by atoms with Crippen LogP contribution in [0.5, 0.6) is 11.5 Å². The van der Waals surface area contributed by atoms with E-state index in [0.29, 0.717) is 16.2 Å². The standard InChI is InChI=1S/C19H15FN2O3S/c1-25-16-7-2-12(10-15(16)23)11-21-22-19(24)18-9-8-17(26-18)13-3-5-14(20)6-4-13/h2-11,23H,1H3,(H,22,24)/b21-11-. The summed E-state index contributed by atoms with van der Waals surface area (Å²) in [6, 6.07) is 14.4. The van der Waals surface area contributed by atoms with E-state index in [1.807, 2.05) is 0 Å². The first-order valence-corrected chi connectivity index (χ1v) is 8.44. The van der Waals surface area contributed by atoms with Crippen molar-refractivity contribution in [2.45, 2.75) is 0 Å². The topological polar surface area (TPSA) is 70.9 Å². The second-order valence-corrected chi connectivity index (χ2v) is 6.38. The zero-order valence-corrected chi connectivity index (χ0v) is 14.6. The van der Waals surface area contributed by atoms with Gasteiger partial charge in [-0.3, -0.25) is 4.79 Å². The zero-order chi connectivity index (χ0) is 18.5. The molecule has 0 saturated carbocycles. The maximum atomic E-state index is 13.0. The molecule has 1 heterocycles. The number of benzene rings is 2. The van der Waals surface area contributed by atoms with Gasteiger partial charge in [-0.1, -0.05) is 12.1 Å². The average molecular weight is 370 g/mol. The van der Waals surface area contributed by atoms with Crippen molar-refractivity contribution in [2.24, 2.45) is 5.10 Å². The number of carbonyl (C=O) groups excluding carboxylic acids is 1. The first-order chi connectivity index (χ1) is 12.6. The summed E-state index contributed by atoms with van der Waals surface area (Å²) in [5.41, 5.74) is 3.89. The van der Waals surface area contributed by atoms with Gasteiger partial charge in [0, 0.05) is 4.88 Å². The van der Waals surface area contributed by atoms with Crippen molar-refractivity contribution in [2.75, 3.05) is 7.11 Å². The van der Waals surface area contributed by atoms with Gasteiger partial charge in [-0.15, -0.1) is 11.3 Å². The Morgan fingerprint density at radius 1 is 1.19 bits per heavy atom. The van der Waals surface area contributed by atoms with Crippen LogP contribution >= 0.6 is 11.3 Å². The number of thiophene rings is 1. The van der Waals surface area contributed by atoms with E-state index in [-0.39, 0.29) is 17.5 Å². The fourth-order valence-corrected chi connectivity index (χ4v) is 3.14. The number of nitrogens with zero attached hydrogens (tertiary/aromatic N) is 1. The van der Waals surface area contributed by atoms with Crippen molar-refractivity contribution < 1.29 is 19.0 Å². The van der Waals surface area contributed by atoms with Crippen LogP contribution in [-0.2, 0) is 0 Å². The Morgan fingerprint density at radius 2 is 1.96 bits per heavy atom. The number of carbonyl (C=O) groups is 1. The van der Waals surface area contributed by atoms with Gasteiger partial charge in [-0.05, 0) is 53.6 Å². The lowest BCUT2D eigenvalue weighted by Crippen LogP contribution is -2.16. The van der Waals surface area contributed by atoms with Crippen LogP contribution in [0.4, 0.5) is 4.39 Å². The highest BCUT2D eigenvalue weighted by Crippen LogP contribution is 2.28. The third-order valence-corrected chi connectivity index (χ3v) is 4.67. The number of ether oxygens (including phenoxy) is 1. The van der Waals surface area contributed by atoms with Crippen LogP contribution in [0.1, 0.15) is 15.2 Å².